The summed E-state index contributed by atoms with van der Waals surface area (Å²) in [5, 5.41) is 6.44. The number of carbonyl (C=O) groups excluding carboxylic acids is 4. The first-order valence-electron chi connectivity index (χ1n) is 14.9. The van der Waals surface area contributed by atoms with Gasteiger partial charge in [0, 0.05) is 12.5 Å². The van der Waals surface area contributed by atoms with Crippen LogP contribution in [0.25, 0.3) is 6.08 Å². The van der Waals surface area contributed by atoms with E-state index in [0.29, 0.717) is 44.2 Å². The van der Waals surface area contributed by atoms with E-state index in [1.54, 1.807) is 45.0 Å². The fourth-order valence-corrected chi connectivity index (χ4v) is 6.37. The normalized spacial score (nSPS) is 26.9. The standard InChI is InChI=1S/C31H42N4O7S/c1-30(2,3)42-29(39)32-24-16-11-6-4-5-10-15-23-21-31(23,33-26(36)25-17-12-19-35(25)27(24)37)28(38)34-43(40,41)20-18-22-13-8-7-9-14-22/h7-10,13-15,18,20,23-25H,4-6,11-12,16-17,19,21H2,1-3H3,(H,32,39)(H,33,36)(H,34,38). The number of benzene rings is 1. The maximum absolute atomic E-state index is 13.7. The Kier molecular flexibility index (Phi) is 9.99. The third kappa shape index (κ3) is 8.68. The molecule has 4 amide bonds. The fourth-order valence-electron chi connectivity index (χ4n) is 5.53. The second-order valence-corrected chi connectivity index (χ2v) is 14.0. The molecule has 12 heteroatoms. The molecule has 0 bridgehead atoms. The van der Waals surface area contributed by atoms with Gasteiger partial charge in [-0.3, -0.25) is 14.4 Å². The highest BCUT2D eigenvalue weighted by Crippen LogP contribution is 2.45. The van der Waals surface area contributed by atoms with Gasteiger partial charge < -0.3 is 20.3 Å². The molecule has 2 fully saturated rings. The molecule has 0 spiro atoms. The molecule has 3 N–H and O–H groups in total. The molecule has 4 unspecified atom stereocenters. The first-order valence-corrected chi connectivity index (χ1v) is 16.4. The lowest BCUT2D eigenvalue weighted by molar-refractivity contribution is -0.141. The van der Waals surface area contributed by atoms with Gasteiger partial charge >= 0.3 is 6.09 Å². The molecule has 0 radical (unpaired) electrons. The predicted molar refractivity (Wildman–Crippen MR) is 162 cm³/mol. The SMILES string of the molecule is CC(C)(C)OC(=O)NC1CCCCCC=CC2CC2(C(=O)NS(=O)(=O)C=Cc2ccccc2)NC(=O)C2CCCN2C1=O. The summed E-state index contributed by atoms with van der Waals surface area (Å²) in [5.41, 5.74) is -1.54. The van der Waals surface area contributed by atoms with E-state index in [-0.39, 0.29) is 18.2 Å². The largest absolute Gasteiger partial charge is 0.444 e. The Labute approximate surface area is 253 Å². The number of sulfonamides is 1. The van der Waals surface area contributed by atoms with E-state index in [9.17, 15) is 27.6 Å². The van der Waals surface area contributed by atoms with Gasteiger partial charge in [-0.05, 0) is 70.9 Å². The number of nitrogens with zero attached hydrogens (tertiary/aromatic N) is 1. The highest BCUT2D eigenvalue weighted by atomic mass is 32.2. The molecular formula is C31H42N4O7S. The van der Waals surface area contributed by atoms with Crippen LogP contribution in [0.4, 0.5) is 4.79 Å². The second kappa shape index (κ2) is 13.3. The van der Waals surface area contributed by atoms with Crippen molar-refractivity contribution in [3.8, 4) is 0 Å². The zero-order chi connectivity index (χ0) is 31.3. The van der Waals surface area contributed by atoms with Crippen LogP contribution in [0.5, 0.6) is 0 Å². The van der Waals surface area contributed by atoms with Crippen LogP contribution >= 0.6 is 0 Å². The van der Waals surface area contributed by atoms with E-state index < -0.39 is 51.2 Å². The zero-order valence-electron chi connectivity index (χ0n) is 25.0. The lowest BCUT2D eigenvalue weighted by Gasteiger charge is -2.30. The summed E-state index contributed by atoms with van der Waals surface area (Å²) in [7, 11) is -4.15. The Bertz CT molecular complexity index is 1370. The summed E-state index contributed by atoms with van der Waals surface area (Å²) in [6.07, 6.45) is 9.12. The van der Waals surface area contributed by atoms with Gasteiger partial charge in [-0.25, -0.2) is 17.9 Å². The molecule has 1 aliphatic carbocycles. The van der Waals surface area contributed by atoms with Gasteiger partial charge in [-0.1, -0.05) is 55.3 Å². The van der Waals surface area contributed by atoms with Gasteiger partial charge in [0.1, 0.15) is 23.2 Å². The lowest BCUT2D eigenvalue weighted by Crippen LogP contribution is -2.58. The van der Waals surface area contributed by atoms with E-state index in [1.165, 1.54) is 11.0 Å². The van der Waals surface area contributed by atoms with Crippen LogP contribution in [0, 0.1) is 5.92 Å². The number of fused-ring (bicyclic) bond motifs is 2. The first kappa shape index (κ1) is 32.2. The second-order valence-electron chi connectivity index (χ2n) is 12.4. The van der Waals surface area contributed by atoms with Crippen LogP contribution in [-0.2, 0) is 29.1 Å². The average Bonchev–Trinajstić information content (AvgIpc) is 3.39. The van der Waals surface area contributed by atoms with Crippen LogP contribution < -0.4 is 15.4 Å². The molecule has 3 aliphatic rings. The van der Waals surface area contributed by atoms with E-state index in [4.69, 9.17) is 4.74 Å². The third-order valence-electron chi connectivity index (χ3n) is 7.80. The molecular weight excluding hydrogens is 572 g/mol. The monoisotopic (exact) mass is 614 g/mol. The smallest absolute Gasteiger partial charge is 0.408 e. The highest BCUT2D eigenvalue weighted by Gasteiger charge is 2.61. The fraction of sp³-hybridized carbons (Fsp3) is 0.548. The van der Waals surface area contributed by atoms with E-state index in [2.05, 4.69) is 15.4 Å². The van der Waals surface area contributed by atoms with Crippen LogP contribution in [0.2, 0.25) is 0 Å². The third-order valence-corrected chi connectivity index (χ3v) is 8.76. The van der Waals surface area contributed by atoms with Gasteiger partial charge in [-0.15, -0.1) is 0 Å². The lowest BCUT2D eigenvalue weighted by atomic mass is 10.0. The topological polar surface area (TPSA) is 151 Å². The Balaban J connectivity index is 1.53. The summed E-state index contributed by atoms with van der Waals surface area (Å²) in [6.45, 7) is 5.54. The molecule has 2 aliphatic heterocycles. The van der Waals surface area contributed by atoms with Crippen molar-refractivity contribution in [1.29, 1.82) is 0 Å². The summed E-state index contributed by atoms with van der Waals surface area (Å²) >= 11 is 0. The van der Waals surface area contributed by atoms with Crippen molar-refractivity contribution >= 4 is 39.9 Å². The van der Waals surface area contributed by atoms with Crippen LogP contribution in [-0.4, -0.2) is 66.9 Å². The molecule has 11 nitrogen and oxygen atoms in total. The van der Waals surface area contributed by atoms with Crippen LogP contribution in [0.1, 0.15) is 77.7 Å². The maximum atomic E-state index is 13.7. The van der Waals surface area contributed by atoms with Gasteiger partial charge in [0.2, 0.25) is 11.8 Å². The summed E-state index contributed by atoms with van der Waals surface area (Å²) in [4.78, 5) is 54.8. The molecule has 2 heterocycles. The van der Waals surface area contributed by atoms with Gasteiger partial charge in [0.15, 0.2) is 0 Å². The number of amides is 4. The molecule has 0 aromatic heterocycles. The van der Waals surface area contributed by atoms with Crippen LogP contribution in [0.15, 0.2) is 47.9 Å². The van der Waals surface area contributed by atoms with Gasteiger partial charge in [-0.2, -0.15) is 0 Å². The van der Waals surface area contributed by atoms with Crippen molar-refractivity contribution in [2.75, 3.05) is 6.54 Å². The van der Waals surface area contributed by atoms with E-state index >= 15 is 0 Å². The van der Waals surface area contributed by atoms with E-state index in [1.807, 2.05) is 18.2 Å². The van der Waals surface area contributed by atoms with Crippen molar-refractivity contribution in [3.63, 3.8) is 0 Å². The molecule has 43 heavy (non-hydrogen) atoms. The molecule has 4 rings (SSSR count). The number of ether oxygens (including phenoxy) is 1. The number of hydrogen-bond acceptors (Lipinski definition) is 7. The summed E-state index contributed by atoms with van der Waals surface area (Å²) < 4.78 is 33.1. The predicted octanol–water partition coefficient (Wildman–Crippen LogP) is 3.38. The van der Waals surface area contributed by atoms with Gasteiger partial charge in [0.25, 0.3) is 15.9 Å². The summed E-state index contributed by atoms with van der Waals surface area (Å²) in [6, 6.07) is 7.09. The minimum absolute atomic E-state index is 0.239. The quantitative estimate of drug-likeness (QED) is 0.430. The number of allylic oxidation sites excluding steroid dienone is 1. The number of alkyl carbamates (subject to hydrolysis) is 1. The number of nitrogens with one attached hydrogen (secondary N) is 3. The highest BCUT2D eigenvalue weighted by molar-refractivity contribution is 7.93. The van der Waals surface area contributed by atoms with Crippen molar-refractivity contribution in [2.45, 2.75) is 95.4 Å². The van der Waals surface area contributed by atoms with Crippen molar-refractivity contribution in [3.05, 3.63) is 53.5 Å². The maximum Gasteiger partial charge on any atom is 0.408 e. The van der Waals surface area contributed by atoms with Crippen molar-refractivity contribution < 1.29 is 32.3 Å². The number of carbonyl (C=O) groups is 4. The molecule has 1 saturated heterocycles. The minimum Gasteiger partial charge on any atom is -0.444 e. The number of rotatable bonds is 5. The Morgan fingerprint density at radius 1 is 1.07 bits per heavy atom. The molecule has 1 aromatic carbocycles. The number of hydrogen-bond donors (Lipinski definition) is 3. The minimum atomic E-state index is -4.15. The average molecular weight is 615 g/mol. The first-order chi connectivity index (χ1) is 20.3. The molecule has 4 atom stereocenters. The van der Waals surface area contributed by atoms with E-state index in [0.717, 1.165) is 18.2 Å². The molecule has 234 valence electrons. The molecule has 1 saturated carbocycles. The van der Waals surface area contributed by atoms with Crippen LogP contribution in [0.3, 0.4) is 0 Å². The Hall–Kier alpha value is -3.67. The summed E-state index contributed by atoms with van der Waals surface area (Å²) in [5.74, 6) is -2.11. The Morgan fingerprint density at radius 2 is 1.81 bits per heavy atom. The van der Waals surface area contributed by atoms with Gasteiger partial charge in [0.05, 0.1) is 5.41 Å². The molecule has 1 aromatic rings. The van der Waals surface area contributed by atoms with Crippen molar-refractivity contribution in [2.24, 2.45) is 5.92 Å². The zero-order valence-corrected chi connectivity index (χ0v) is 25.8. The Morgan fingerprint density at radius 3 is 2.53 bits per heavy atom. The van der Waals surface area contributed by atoms with Crippen molar-refractivity contribution in [1.82, 2.24) is 20.3 Å².